The van der Waals surface area contributed by atoms with Crippen LogP contribution in [0.1, 0.15) is 6.42 Å². The summed E-state index contributed by atoms with van der Waals surface area (Å²) in [5.74, 6) is 0.272. The molecule has 2 aliphatic rings. The minimum atomic E-state index is -0.173. The van der Waals surface area contributed by atoms with E-state index in [4.69, 9.17) is 16.3 Å². The maximum atomic E-state index is 11.5. The second-order valence-corrected chi connectivity index (χ2v) is 4.03. The zero-order chi connectivity index (χ0) is 11.0. The van der Waals surface area contributed by atoms with Gasteiger partial charge in [0.15, 0.2) is 0 Å². The van der Waals surface area contributed by atoms with Gasteiger partial charge in [0, 0.05) is 6.42 Å². The van der Waals surface area contributed by atoms with Crippen molar-refractivity contribution in [2.45, 2.75) is 6.42 Å². The zero-order valence-electron chi connectivity index (χ0n) is 7.65. The van der Waals surface area contributed by atoms with Crippen LogP contribution in [0.2, 0.25) is 0 Å². The van der Waals surface area contributed by atoms with E-state index in [-0.39, 0.29) is 29.5 Å². The summed E-state index contributed by atoms with van der Waals surface area (Å²) in [7, 11) is 0. The number of rotatable bonds is 0. The smallest absolute Gasteiger partial charge is 0.243 e. The molecule has 0 aromatic heterocycles. The highest BCUT2D eigenvalue weighted by atomic mass is 32.2. The van der Waals surface area contributed by atoms with Gasteiger partial charge in [-0.3, -0.25) is 9.69 Å². The number of hydrogen-bond donors (Lipinski definition) is 1. The number of nitrogens with two attached hydrogens (primary N) is 1. The molecule has 0 spiro atoms. The van der Waals surface area contributed by atoms with Crippen LogP contribution in [0.5, 0.6) is 0 Å². The van der Waals surface area contributed by atoms with Gasteiger partial charge >= 0.3 is 0 Å². The van der Waals surface area contributed by atoms with Crippen molar-refractivity contribution in [2.24, 2.45) is 5.73 Å². The molecule has 6 heteroatoms. The number of carbonyl (C=O) groups is 1. The molecule has 0 atom stereocenters. The van der Waals surface area contributed by atoms with E-state index >= 15 is 0 Å². The summed E-state index contributed by atoms with van der Waals surface area (Å²) in [6.45, 7) is 0. The zero-order valence-corrected chi connectivity index (χ0v) is 8.47. The molecule has 0 bridgehead atoms. The van der Waals surface area contributed by atoms with Crippen LogP contribution < -0.4 is 5.73 Å². The second kappa shape index (κ2) is 3.34. The average molecular weight is 218 g/mol. The Labute approximate surface area is 90.4 Å². The molecule has 1 fully saturated rings. The highest BCUT2D eigenvalue weighted by Crippen LogP contribution is 2.39. The molecular weight excluding hydrogens is 212 g/mol. The quantitative estimate of drug-likeness (QED) is 0.634. The molecule has 2 rings (SSSR count). The van der Waals surface area contributed by atoms with Gasteiger partial charge in [0.25, 0.3) is 0 Å². The first-order valence-electron chi connectivity index (χ1n) is 4.16. The largest absolute Gasteiger partial charge is 0.384 e. The van der Waals surface area contributed by atoms with E-state index < -0.39 is 0 Å². The number of allylic oxidation sites excluding steroid dienone is 2. The van der Waals surface area contributed by atoms with Crippen molar-refractivity contribution >= 4 is 17.7 Å². The SMILES string of the molecule is N#CC1=C(N)N2C(=O)CSC2=C(C#N)C1. The molecule has 0 aromatic carbocycles. The van der Waals surface area contributed by atoms with Crippen molar-refractivity contribution in [2.75, 3.05) is 5.75 Å². The van der Waals surface area contributed by atoms with Gasteiger partial charge < -0.3 is 5.73 Å². The minimum absolute atomic E-state index is 0.168. The summed E-state index contributed by atoms with van der Waals surface area (Å²) in [6.07, 6.45) is 0.227. The Hall–Kier alpha value is -1.92. The summed E-state index contributed by atoms with van der Waals surface area (Å²) in [5.41, 5.74) is 6.41. The maximum Gasteiger partial charge on any atom is 0.243 e. The van der Waals surface area contributed by atoms with Crippen LogP contribution in [0.25, 0.3) is 0 Å². The average Bonchev–Trinajstić information content (AvgIpc) is 2.62. The number of fused-ring (bicyclic) bond motifs is 1. The normalized spacial score (nSPS) is 20.1. The third kappa shape index (κ3) is 1.27. The topological polar surface area (TPSA) is 93.9 Å². The van der Waals surface area contributed by atoms with Crippen molar-refractivity contribution in [1.82, 2.24) is 4.90 Å². The lowest BCUT2D eigenvalue weighted by Crippen LogP contribution is -2.32. The number of amides is 1. The minimum Gasteiger partial charge on any atom is -0.384 e. The van der Waals surface area contributed by atoms with Crippen LogP contribution in [0, 0.1) is 22.7 Å². The van der Waals surface area contributed by atoms with Gasteiger partial charge in [-0.25, -0.2) is 0 Å². The molecule has 74 valence electrons. The molecule has 2 heterocycles. The standard InChI is InChI=1S/C9H6N4OS/c10-2-5-1-6(3-11)9-13(8(5)12)7(14)4-15-9/h1,4,12H2. The molecule has 0 aromatic rings. The van der Waals surface area contributed by atoms with E-state index in [2.05, 4.69) is 0 Å². The van der Waals surface area contributed by atoms with Gasteiger partial charge in [-0.05, 0) is 0 Å². The molecule has 5 nitrogen and oxygen atoms in total. The van der Waals surface area contributed by atoms with E-state index in [0.717, 1.165) is 0 Å². The summed E-state index contributed by atoms with van der Waals surface area (Å²) in [6, 6.07) is 3.92. The van der Waals surface area contributed by atoms with E-state index in [1.807, 2.05) is 12.1 Å². The van der Waals surface area contributed by atoms with E-state index in [0.29, 0.717) is 10.6 Å². The number of hydrogen-bond acceptors (Lipinski definition) is 5. The first-order chi connectivity index (χ1) is 7.19. The molecule has 0 aliphatic carbocycles. The lowest BCUT2D eigenvalue weighted by atomic mass is 10.0. The van der Waals surface area contributed by atoms with Gasteiger partial charge in [-0.15, -0.1) is 0 Å². The lowest BCUT2D eigenvalue weighted by Gasteiger charge is -2.23. The van der Waals surface area contributed by atoms with Gasteiger partial charge in [0.2, 0.25) is 5.91 Å². The number of nitriles is 2. The second-order valence-electron chi connectivity index (χ2n) is 3.07. The summed E-state index contributed by atoms with van der Waals surface area (Å²) < 4.78 is 0. The Morgan fingerprint density at radius 2 is 2.00 bits per heavy atom. The van der Waals surface area contributed by atoms with E-state index in [1.54, 1.807) is 0 Å². The van der Waals surface area contributed by atoms with E-state index in [9.17, 15) is 4.79 Å². The van der Waals surface area contributed by atoms with Gasteiger partial charge in [-0.1, -0.05) is 11.8 Å². The number of carbonyl (C=O) groups excluding carboxylic acids is 1. The molecule has 0 radical (unpaired) electrons. The van der Waals surface area contributed by atoms with E-state index in [1.165, 1.54) is 16.7 Å². The third-order valence-electron chi connectivity index (χ3n) is 2.22. The number of nitrogens with zero attached hydrogens (tertiary/aromatic N) is 3. The van der Waals surface area contributed by atoms with Gasteiger partial charge in [-0.2, -0.15) is 10.5 Å². The van der Waals surface area contributed by atoms with Crippen molar-refractivity contribution in [3.05, 3.63) is 22.0 Å². The van der Waals surface area contributed by atoms with Crippen LogP contribution in [0.15, 0.2) is 22.0 Å². The van der Waals surface area contributed by atoms with Crippen LogP contribution in [-0.4, -0.2) is 16.6 Å². The molecule has 15 heavy (non-hydrogen) atoms. The molecule has 1 amide bonds. The van der Waals surface area contributed by atoms with Crippen molar-refractivity contribution in [3.63, 3.8) is 0 Å². The van der Waals surface area contributed by atoms with Crippen molar-refractivity contribution in [3.8, 4) is 12.1 Å². The fraction of sp³-hybridized carbons (Fsp3) is 0.222. The van der Waals surface area contributed by atoms with Gasteiger partial charge in [0.05, 0.1) is 34.1 Å². The first kappa shape index (κ1) is 9.63. The fourth-order valence-electron chi connectivity index (χ4n) is 1.50. The molecule has 2 N–H and O–H groups in total. The summed E-state index contributed by atoms with van der Waals surface area (Å²) in [5, 5.41) is 18.3. The first-order valence-corrected chi connectivity index (χ1v) is 5.15. The molecule has 2 aliphatic heterocycles. The van der Waals surface area contributed by atoms with Crippen molar-refractivity contribution in [1.29, 1.82) is 10.5 Å². The Kier molecular flexibility index (Phi) is 2.14. The predicted molar refractivity (Wildman–Crippen MR) is 53.4 cm³/mol. The maximum absolute atomic E-state index is 11.5. The highest BCUT2D eigenvalue weighted by molar-refractivity contribution is 8.04. The monoisotopic (exact) mass is 218 g/mol. The Morgan fingerprint density at radius 3 is 2.60 bits per heavy atom. The Morgan fingerprint density at radius 1 is 1.33 bits per heavy atom. The predicted octanol–water partition coefficient (Wildman–Crippen LogP) is 0.395. The van der Waals surface area contributed by atoms with Crippen LogP contribution >= 0.6 is 11.8 Å². The fourth-order valence-corrected chi connectivity index (χ4v) is 2.51. The van der Waals surface area contributed by atoms with Gasteiger partial charge in [0.1, 0.15) is 5.82 Å². The van der Waals surface area contributed by atoms with Crippen molar-refractivity contribution < 1.29 is 4.79 Å². The van der Waals surface area contributed by atoms with Crippen LogP contribution in [0.3, 0.4) is 0 Å². The third-order valence-corrected chi connectivity index (χ3v) is 3.31. The summed E-state index contributed by atoms with van der Waals surface area (Å²) in [4.78, 5) is 12.7. The molecular formula is C9H6N4OS. The Bertz CT molecular complexity index is 491. The molecule has 1 saturated heterocycles. The molecule has 0 saturated carbocycles. The lowest BCUT2D eigenvalue weighted by molar-refractivity contribution is -0.124. The van der Waals surface area contributed by atoms with Crippen LogP contribution in [-0.2, 0) is 4.79 Å². The summed E-state index contributed by atoms with van der Waals surface area (Å²) >= 11 is 1.29. The van der Waals surface area contributed by atoms with Crippen LogP contribution in [0.4, 0.5) is 0 Å². The number of thioether (sulfide) groups is 1. The highest BCUT2D eigenvalue weighted by Gasteiger charge is 2.36. The Balaban J connectivity index is 2.55. The molecule has 0 unspecified atom stereocenters.